The van der Waals surface area contributed by atoms with Crippen molar-refractivity contribution >= 4 is 5.97 Å². The van der Waals surface area contributed by atoms with Crippen LogP contribution in [0.15, 0.2) is 18.2 Å². The Morgan fingerprint density at radius 2 is 2.12 bits per heavy atom. The Morgan fingerprint density at radius 3 is 2.71 bits per heavy atom. The lowest BCUT2D eigenvalue weighted by atomic mass is 10.1. The highest BCUT2D eigenvalue weighted by molar-refractivity contribution is 5.69. The smallest absolute Gasteiger partial charge is 0.307 e. The average molecular weight is 237 g/mol. The van der Waals surface area contributed by atoms with Gasteiger partial charge < -0.3 is 15.1 Å². The Balaban J connectivity index is 2.64. The Labute approximate surface area is 101 Å². The van der Waals surface area contributed by atoms with Gasteiger partial charge in [0, 0.05) is 18.7 Å². The third-order valence-electron chi connectivity index (χ3n) is 2.68. The van der Waals surface area contributed by atoms with Crippen molar-refractivity contribution in [3.63, 3.8) is 0 Å². The lowest BCUT2D eigenvalue weighted by Crippen LogP contribution is -2.28. The molecule has 0 spiro atoms. The van der Waals surface area contributed by atoms with Gasteiger partial charge in [0.2, 0.25) is 0 Å². The molecule has 17 heavy (non-hydrogen) atoms. The second kappa shape index (κ2) is 5.68. The van der Waals surface area contributed by atoms with Crippen molar-refractivity contribution in [2.45, 2.75) is 20.4 Å². The van der Waals surface area contributed by atoms with E-state index in [9.17, 15) is 9.90 Å². The highest BCUT2D eigenvalue weighted by atomic mass is 16.4. The monoisotopic (exact) mass is 237 g/mol. The van der Waals surface area contributed by atoms with Gasteiger partial charge >= 0.3 is 5.97 Å². The molecule has 0 saturated carbocycles. The van der Waals surface area contributed by atoms with Crippen LogP contribution in [0.5, 0.6) is 5.75 Å². The molecule has 4 nitrogen and oxygen atoms in total. The van der Waals surface area contributed by atoms with Gasteiger partial charge in [-0.2, -0.15) is 0 Å². The average Bonchev–Trinajstić information content (AvgIpc) is 2.23. The van der Waals surface area contributed by atoms with Crippen LogP contribution >= 0.6 is 0 Å². The van der Waals surface area contributed by atoms with Gasteiger partial charge in [-0.3, -0.25) is 4.79 Å². The molecule has 0 aliphatic heterocycles. The minimum atomic E-state index is -0.801. The molecule has 1 aromatic carbocycles. The fraction of sp³-hybridized carbons (Fsp3) is 0.462. The van der Waals surface area contributed by atoms with Crippen molar-refractivity contribution in [3.8, 4) is 5.75 Å². The quantitative estimate of drug-likeness (QED) is 0.820. The standard InChI is InChI=1S/C13H19NO3/c1-9-4-5-12(15)11(6-9)8-14(3)7-10(2)13(16)17/h4-6,10,15H,7-8H2,1-3H3,(H,16,17). The van der Waals surface area contributed by atoms with Crippen molar-refractivity contribution in [3.05, 3.63) is 29.3 Å². The van der Waals surface area contributed by atoms with Crippen molar-refractivity contribution < 1.29 is 15.0 Å². The molecular weight excluding hydrogens is 218 g/mol. The molecule has 2 N–H and O–H groups in total. The van der Waals surface area contributed by atoms with Gasteiger partial charge in [-0.25, -0.2) is 0 Å². The highest BCUT2D eigenvalue weighted by Crippen LogP contribution is 2.19. The van der Waals surface area contributed by atoms with E-state index in [2.05, 4.69) is 0 Å². The van der Waals surface area contributed by atoms with Gasteiger partial charge in [0.25, 0.3) is 0 Å². The first-order chi connectivity index (χ1) is 7.90. The number of phenolic OH excluding ortho intramolecular Hbond substituents is 1. The summed E-state index contributed by atoms with van der Waals surface area (Å²) in [5, 5.41) is 18.5. The summed E-state index contributed by atoms with van der Waals surface area (Å²) in [5.74, 6) is -0.956. The number of aliphatic carboxylic acids is 1. The third kappa shape index (κ3) is 4.07. The molecule has 0 fully saturated rings. The number of aromatic hydroxyl groups is 1. The van der Waals surface area contributed by atoms with E-state index < -0.39 is 11.9 Å². The van der Waals surface area contributed by atoms with E-state index in [4.69, 9.17) is 5.11 Å². The van der Waals surface area contributed by atoms with Crippen LogP contribution in [0.25, 0.3) is 0 Å². The number of phenols is 1. The zero-order chi connectivity index (χ0) is 13.0. The number of carboxylic acid groups (broad SMARTS) is 1. The maximum Gasteiger partial charge on any atom is 0.307 e. The SMILES string of the molecule is Cc1ccc(O)c(CN(C)CC(C)C(=O)O)c1. The zero-order valence-electron chi connectivity index (χ0n) is 10.5. The molecule has 0 amide bonds. The summed E-state index contributed by atoms with van der Waals surface area (Å²) in [6.45, 7) is 4.64. The predicted molar refractivity (Wildman–Crippen MR) is 66.0 cm³/mol. The molecule has 4 heteroatoms. The lowest BCUT2D eigenvalue weighted by molar-refractivity contribution is -0.141. The van der Waals surface area contributed by atoms with Gasteiger partial charge in [-0.1, -0.05) is 24.6 Å². The Morgan fingerprint density at radius 1 is 1.47 bits per heavy atom. The molecule has 94 valence electrons. The van der Waals surface area contributed by atoms with E-state index >= 15 is 0 Å². The molecular formula is C13H19NO3. The van der Waals surface area contributed by atoms with Crippen LogP contribution in [0.3, 0.4) is 0 Å². The second-order valence-electron chi connectivity index (χ2n) is 4.57. The maximum atomic E-state index is 10.7. The highest BCUT2D eigenvalue weighted by Gasteiger charge is 2.14. The first kappa shape index (κ1) is 13.5. The molecule has 0 aromatic heterocycles. The predicted octanol–water partition coefficient (Wildman–Crippen LogP) is 1.85. The number of nitrogens with zero attached hydrogens (tertiary/aromatic N) is 1. The first-order valence-electron chi connectivity index (χ1n) is 5.60. The number of aryl methyl sites for hydroxylation is 1. The van der Waals surface area contributed by atoms with Crippen molar-refractivity contribution in [1.82, 2.24) is 4.90 Å². The summed E-state index contributed by atoms with van der Waals surface area (Å²) in [6, 6.07) is 5.43. The molecule has 1 unspecified atom stereocenters. The van der Waals surface area contributed by atoms with Crippen LogP contribution in [0.2, 0.25) is 0 Å². The van der Waals surface area contributed by atoms with Crippen LogP contribution in [0.1, 0.15) is 18.1 Å². The molecule has 1 atom stereocenters. The summed E-state index contributed by atoms with van der Waals surface area (Å²) in [6.07, 6.45) is 0. The Hall–Kier alpha value is -1.55. The van der Waals surface area contributed by atoms with E-state index in [-0.39, 0.29) is 5.75 Å². The summed E-state index contributed by atoms with van der Waals surface area (Å²) in [5.41, 5.74) is 1.91. The van der Waals surface area contributed by atoms with Gasteiger partial charge in [0.05, 0.1) is 5.92 Å². The van der Waals surface area contributed by atoms with Crippen LogP contribution in [-0.2, 0) is 11.3 Å². The molecule has 0 saturated heterocycles. The number of carbonyl (C=O) groups is 1. The van der Waals surface area contributed by atoms with Crippen molar-refractivity contribution in [2.75, 3.05) is 13.6 Å². The van der Waals surface area contributed by atoms with Crippen molar-refractivity contribution in [1.29, 1.82) is 0 Å². The van der Waals surface area contributed by atoms with Gasteiger partial charge in [-0.05, 0) is 20.0 Å². The number of rotatable bonds is 5. The lowest BCUT2D eigenvalue weighted by Gasteiger charge is -2.19. The minimum Gasteiger partial charge on any atom is -0.508 e. The van der Waals surface area contributed by atoms with E-state index in [1.807, 2.05) is 31.0 Å². The van der Waals surface area contributed by atoms with E-state index in [1.54, 1.807) is 13.0 Å². The first-order valence-corrected chi connectivity index (χ1v) is 5.60. The van der Waals surface area contributed by atoms with Crippen LogP contribution in [0, 0.1) is 12.8 Å². The number of hydrogen-bond donors (Lipinski definition) is 2. The van der Waals surface area contributed by atoms with E-state index in [0.717, 1.165) is 11.1 Å². The Kier molecular flexibility index (Phi) is 4.52. The van der Waals surface area contributed by atoms with Crippen LogP contribution < -0.4 is 0 Å². The number of hydrogen-bond acceptors (Lipinski definition) is 3. The summed E-state index contributed by atoms with van der Waals surface area (Å²) in [4.78, 5) is 12.6. The molecule has 1 rings (SSSR count). The van der Waals surface area contributed by atoms with Gasteiger partial charge in [0.15, 0.2) is 0 Å². The maximum absolute atomic E-state index is 10.7. The molecule has 0 aliphatic carbocycles. The fourth-order valence-corrected chi connectivity index (χ4v) is 1.74. The van der Waals surface area contributed by atoms with E-state index in [1.165, 1.54) is 0 Å². The van der Waals surface area contributed by atoms with E-state index in [0.29, 0.717) is 13.1 Å². The van der Waals surface area contributed by atoms with Crippen LogP contribution in [-0.4, -0.2) is 34.7 Å². The second-order valence-corrected chi connectivity index (χ2v) is 4.57. The minimum absolute atomic E-state index is 0.255. The van der Waals surface area contributed by atoms with Gasteiger partial charge in [0.1, 0.15) is 5.75 Å². The number of benzene rings is 1. The molecule has 0 heterocycles. The summed E-state index contributed by atoms with van der Waals surface area (Å²) >= 11 is 0. The third-order valence-corrected chi connectivity index (χ3v) is 2.68. The Bertz CT molecular complexity index is 404. The van der Waals surface area contributed by atoms with Crippen molar-refractivity contribution in [2.24, 2.45) is 5.92 Å². The number of carboxylic acids is 1. The summed E-state index contributed by atoms with van der Waals surface area (Å²) in [7, 11) is 1.85. The van der Waals surface area contributed by atoms with Crippen LogP contribution in [0.4, 0.5) is 0 Å². The zero-order valence-corrected chi connectivity index (χ0v) is 10.5. The summed E-state index contributed by atoms with van der Waals surface area (Å²) < 4.78 is 0. The topological polar surface area (TPSA) is 60.8 Å². The molecule has 0 aliphatic rings. The molecule has 0 radical (unpaired) electrons. The normalized spacial score (nSPS) is 12.7. The largest absolute Gasteiger partial charge is 0.508 e. The molecule has 0 bridgehead atoms. The molecule has 1 aromatic rings. The van der Waals surface area contributed by atoms with Gasteiger partial charge in [-0.15, -0.1) is 0 Å². The fourth-order valence-electron chi connectivity index (χ4n) is 1.74.